The van der Waals surface area contributed by atoms with E-state index in [4.69, 9.17) is 14.3 Å². The molecule has 0 spiro atoms. The summed E-state index contributed by atoms with van der Waals surface area (Å²) in [6.07, 6.45) is 2.10. The van der Waals surface area contributed by atoms with Gasteiger partial charge in [0.25, 0.3) is 0 Å². The van der Waals surface area contributed by atoms with Gasteiger partial charge in [-0.2, -0.15) is 0 Å². The van der Waals surface area contributed by atoms with E-state index in [0.717, 1.165) is 5.56 Å². The van der Waals surface area contributed by atoms with Gasteiger partial charge in [-0.05, 0) is 36.2 Å². The second-order valence-electron chi connectivity index (χ2n) is 5.02. The molecule has 108 valence electrons. The van der Waals surface area contributed by atoms with Crippen LogP contribution in [0.3, 0.4) is 0 Å². The fraction of sp³-hybridized carbons (Fsp3) is 0.250. The predicted octanol–water partition coefficient (Wildman–Crippen LogP) is 2.63. The summed E-state index contributed by atoms with van der Waals surface area (Å²) in [4.78, 5) is 23.7. The molecule has 1 aliphatic heterocycles. The molecule has 0 saturated heterocycles. The molecule has 1 atom stereocenters. The molecule has 2 heterocycles. The number of hydrogen-bond donors (Lipinski definition) is 1. The summed E-state index contributed by atoms with van der Waals surface area (Å²) in [5.74, 6) is -1.15. The molecular weight excluding hydrogens is 272 g/mol. The van der Waals surface area contributed by atoms with Crippen molar-refractivity contribution in [2.45, 2.75) is 19.3 Å². The molecular formula is C16H14O5. The molecule has 3 rings (SSSR count). The van der Waals surface area contributed by atoms with Gasteiger partial charge in [0.05, 0.1) is 24.4 Å². The number of hydrogen-bond acceptors (Lipinski definition) is 4. The number of ether oxygens (including phenoxy) is 1. The van der Waals surface area contributed by atoms with Crippen LogP contribution in [0.2, 0.25) is 0 Å². The van der Waals surface area contributed by atoms with Crippen LogP contribution in [0, 0.1) is 0 Å². The van der Waals surface area contributed by atoms with Crippen LogP contribution in [-0.2, 0) is 11.2 Å². The average molecular weight is 286 g/mol. The molecule has 0 saturated carbocycles. The molecule has 0 fully saturated rings. The topological polar surface area (TPSA) is 76.7 Å². The quantitative estimate of drug-likeness (QED) is 0.874. The minimum Gasteiger partial charge on any atom is -0.492 e. The van der Waals surface area contributed by atoms with Gasteiger partial charge in [0.1, 0.15) is 5.75 Å². The van der Waals surface area contributed by atoms with E-state index >= 15 is 0 Å². The summed E-state index contributed by atoms with van der Waals surface area (Å²) in [5, 5.41) is 9.16. The molecule has 1 aromatic heterocycles. The van der Waals surface area contributed by atoms with Gasteiger partial charge < -0.3 is 14.3 Å². The number of carboxylic acid groups (broad SMARTS) is 1. The summed E-state index contributed by atoms with van der Waals surface area (Å²) in [5.41, 5.74) is 1.83. The smallest absolute Gasteiger partial charge is 0.310 e. The Labute approximate surface area is 121 Å². The highest BCUT2D eigenvalue weighted by Crippen LogP contribution is 2.34. The highest BCUT2D eigenvalue weighted by molar-refractivity contribution is 6.09. The number of fused-ring (bicyclic) bond motifs is 1. The number of furan rings is 1. The number of carbonyl (C=O) groups is 2. The highest BCUT2D eigenvalue weighted by atomic mass is 16.5. The first kappa shape index (κ1) is 13.4. The lowest BCUT2D eigenvalue weighted by atomic mass is 9.93. The second-order valence-corrected chi connectivity index (χ2v) is 5.02. The van der Waals surface area contributed by atoms with Gasteiger partial charge in [0.2, 0.25) is 5.78 Å². The molecule has 0 aliphatic carbocycles. The van der Waals surface area contributed by atoms with E-state index in [1.54, 1.807) is 31.2 Å². The van der Waals surface area contributed by atoms with E-state index in [1.165, 1.54) is 6.26 Å². The summed E-state index contributed by atoms with van der Waals surface area (Å²) >= 11 is 0. The van der Waals surface area contributed by atoms with Crippen molar-refractivity contribution >= 4 is 11.8 Å². The van der Waals surface area contributed by atoms with Crippen LogP contribution < -0.4 is 4.74 Å². The van der Waals surface area contributed by atoms with E-state index in [9.17, 15) is 9.59 Å². The lowest BCUT2D eigenvalue weighted by Gasteiger charge is -2.12. The van der Waals surface area contributed by atoms with Crippen LogP contribution in [-0.4, -0.2) is 23.5 Å². The van der Waals surface area contributed by atoms with Crippen LogP contribution >= 0.6 is 0 Å². The Balaban J connectivity index is 2.11. The van der Waals surface area contributed by atoms with Gasteiger partial charge in [-0.1, -0.05) is 6.07 Å². The molecule has 5 nitrogen and oxygen atoms in total. The normalized spacial score (nSPS) is 14.3. The molecule has 1 aliphatic rings. The lowest BCUT2D eigenvalue weighted by molar-refractivity contribution is -0.138. The summed E-state index contributed by atoms with van der Waals surface area (Å²) in [6, 6.07) is 6.61. The third-order valence-electron chi connectivity index (χ3n) is 3.67. The minimum atomic E-state index is -0.926. The van der Waals surface area contributed by atoms with Crippen molar-refractivity contribution in [1.29, 1.82) is 0 Å². The molecule has 0 radical (unpaired) electrons. The molecule has 1 aromatic carbocycles. The second kappa shape index (κ2) is 5.09. The van der Waals surface area contributed by atoms with E-state index in [0.29, 0.717) is 29.9 Å². The Morgan fingerprint density at radius 1 is 1.33 bits per heavy atom. The molecule has 0 amide bonds. The van der Waals surface area contributed by atoms with Gasteiger partial charge in [-0.25, -0.2) is 0 Å². The first-order valence-electron chi connectivity index (χ1n) is 6.68. The van der Waals surface area contributed by atoms with Crippen LogP contribution in [0.4, 0.5) is 0 Å². The number of carbonyl (C=O) groups excluding carboxylic acids is 1. The van der Waals surface area contributed by atoms with Gasteiger partial charge in [0.15, 0.2) is 5.76 Å². The SMILES string of the molecule is CC(C(=O)O)c1cc2c(c(C(=O)c3ccco3)c1)OCC2. The summed E-state index contributed by atoms with van der Waals surface area (Å²) in [7, 11) is 0. The Hall–Kier alpha value is -2.56. The number of aliphatic carboxylic acids is 1. The fourth-order valence-corrected chi connectivity index (χ4v) is 2.43. The lowest BCUT2D eigenvalue weighted by Crippen LogP contribution is -2.10. The molecule has 21 heavy (non-hydrogen) atoms. The third-order valence-corrected chi connectivity index (χ3v) is 3.67. The zero-order chi connectivity index (χ0) is 15.0. The number of ketones is 1. The van der Waals surface area contributed by atoms with Crippen molar-refractivity contribution in [2.24, 2.45) is 0 Å². The van der Waals surface area contributed by atoms with Crippen LogP contribution in [0.15, 0.2) is 34.9 Å². The molecule has 2 aromatic rings. The zero-order valence-corrected chi connectivity index (χ0v) is 11.5. The zero-order valence-electron chi connectivity index (χ0n) is 11.5. The Morgan fingerprint density at radius 2 is 2.14 bits per heavy atom. The fourth-order valence-electron chi connectivity index (χ4n) is 2.43. The monoisotopic (exact) mass is 286 g/mol. The van der Waals surface area contributed by atoms with Crippen molar-refractivity contribution in [3.8, 4) is 5.75 Å². The number of rotatable bonds is 4. The van der Waals surface area contributed by atoms with Crippen LogP contribution in [0.5, 0.6) is 5.75 Å². The molecule has 0 bridgehead atoms. The van der Waals surface area contributed by atoms with Gasteiger partial charge in [-0.15, -0.1) is 0 Å². The van der Waals surface area contributed by atoms with Crippen molar-refractivity contribution in [3.63, 3.8) is 0 Å². The van der Waals surface area contributed by atoms with Crippen molar-refractivity contribution in [3.05, 3.63) is 53.0 Å². The minimum absolute atomic E-state index is 0.216. The standard InChI is InChI=1S/C16H14O5/c1-9(16(18)19)11-7-10-4-6-21-15(10)12(8-11)14(17)13-3-2-5-20-13/h2-3,5,7-9H,4,6H2,1H3,(H,18,19). The largest absolute Gasteiger partial charge is 0.492 e. The summed E-state index contributed by atoms with van der Waals surface area (Å²) in [6.45, 7) is 2.10. The first-order chi connectivity index (χ1) is 10.1. The predicted molar refractivity (Wildman–Crippen MR) is 73.8 cm³/mol. The Kier molecular flexibility index (Phi) is 3.25. The molecule has 1 unspecified atom stereocenters. The highest BCUT2D eigenvalue weighted by Gasteiger charge is 2.26. The van der Waals surface area contributed by atoms with Gasteiger partial charge >= 0.3 is 5.97 Å². The molecule has 1 N–H and O–H groups in total. The van der Waals surface area contributed by atoms with Crippen LogP contribution in [0.25, 0.3) is 0 Å². The van der Waals surface area contributed by atoms with E-state index in [1.807, 2.05) is 0 Å². The van der Waals surface area contributed by atoms with E-state index in [-0.39, 0.29) is 11.5 Å². The molecule has 5 heteroatoms. The van der Waals surface area contributed by atoms with Crippen molar-refractivity contribution in [1.82, 2.24) is 0 Å². The van der Waals surface area contributed by atoms with Crippen molar-refractivity contribution < 1.29 is 23.8 Å². The maximum atomic E-state index is 12.5. The average Bonchev–Trinajstić information content (AvgIpc) is 3.15. The van der Waals surface area contributed by atoms with E-state index < -0.39 is 11.9 Å². The number of carboxylic acids is 1. The van der Waals surface area contributed by atoms with Crippen LogP contribution in [0.1, 0.15) is 40.1 Å². The maximum Gasteiger partial charge on any atom is 0.310 e. The first-order valence-corrected chi connectivity index (χ1v) is 6.68. The van der Waals surface area contributed by atoms with E-state index in [2.05, 4.69) is 0 Å². The maximum absolute atomic E-state index is 12.5. The third kappa shape index (κ3) is 2.31. The van der Waals surface area contributed by atoms with Crippen molar-refractivity contribution in [2.75, 3.05) is 6.61 Å². The van der Waals surface area contributed by atoms with Gasteiger partial charge in [0, 0.05) is 6.42 Å². The van der Waals surface area contributed by atoms with Gasteiger partial charge in [-0.3, -0.25) is 9.59 Å². The summed E-state index contributed by atoms with van der Waals surface area (Å²) < 4.78 is 10.7. The Morgan fingerprint density at radius 3 is 2.81 bits per heavy atom. The Bertz CT molecular complexity index is 700. The number of benzene rings is 1.